The van der Waals surface area contributed by atoms with Crippen LogP contribution in [0.5, 0.6) is 0 Å². The van der Waals surface area contributed by atoms with Crippen molar-refractivity contribution in [2.75, 3.05) is 6.54 Å². The monoisotopic (exact) mass is 207 g/mol. The minimum Gasteiger partial charge on any atom is -0.351 e. The van der Waals surface area contributed by atoms with E-state index in [9.17, 15) is 4.79 Å². The highest BCUT2D eigenvalue weighted by Crippen LogP contribution is 2.39. The van der Waals surface area contributed by atoms with Crippen LogP contribution in [0.15, 0.2) is 6.20 Å². The van der Waals surface area contributed by atoms with Crippen LogP contribution in [0.4, 0.5) is 0 Å². The van der Waals surface area contributed by atoms with Crippen molar-refractivity contribution in [2.24, 2.45) is 5.41 Å². The first-order chi connectivity index (χ1) is 7.11. The zero-order valence-corrected chi connectivity index (χ0v) is 9.26. The van der Waals surface area contributed by atoms with Gasteiger partial charge in [0, 0.05) is 12.2 Å². The van der Waals surface area contributed by atoms with Crippen LogP contribution in [0.2, 0.25) is 0 Å². The van der Waals surface area contributed by atoms with E-state index in [1.807, 2.05) is 6.92 Å². The molecule has 2 N–H and O–H groups in total. The van der Waals surface area contributed by atoms with Gasteiger partial charge in [0.1, 0.15) is 0 Å². The largest absolute Gasteiger partial charge is 0.351 e. The van der Waals surface area contributed by atoms with Crippen molar-refractivity contribution in [3.63, 3.8) is 0 Å². The zero-order chi connectivity index (χ0) is 10.9. The number of carbonyl (C=O) groups excluding carboxylic acids is 1. The predicted octanol–water partition coefficient (Wildman–Crippen LogP) is 1.64. The maximum atomic E-state index is 11.7. The molecule has 4 nitrogen and oxygen atoms in total. The van der Waals surface area contributed by atoms with Crippen LogP contribution in [-0.2, 0) is 0 Å². The highest BCUT2D eigenvalue weighted by Gasteiger charge is 2.32. The fourth-order valence-electron chi connectivity index (χ4n) is 1.93. The Hall–Kier alpha value is -1.32. The Bertz CT molecular complexity index is 366. The average Bonchev–Trinajstić information content (AvgIpc) is 2.58. The third kappa shape index (κ3) is 2.03. The van der Waals surface area contributed by atoms with Crippen LogP contribution in [0.3, 0.4) is 0 Å². The summed E-state index contributed by atoms with van der Waals surface area (Å²) < 4.78 is 0. The van der Waals surface area contributed by atoms with Crippen molar-refractivity contribution in [3.05, 3.63) is 17.5 Å². The molecule has 1 saturated carbocycles. The van der Waals surface area contributed by atoms with Crippen LogP contribution in [0.1, 0.15) is 42.2 Å². The molecule has 1 aliphatic rings. The lowest BCUT2D eigenvalue weighted by molar-refractivity contribution is 0.0890. The average molecular weight is 207 g/mol. The quantitative estimate of drug-likeness (QED) is 0.791. The summed E-state index contributed by atoms with van der Waals surface area (Å²) in [7, 11) is 0. The van der Waals surface area contributed by atoms with Gasteiger partial charge in [0.25, 0.3) is 5.91 Å². The van der Waals surface area contributed by atoms with Gasteiger partial charge in [0.2, 0.25) is 0 Å². The molecule has 1 heterocycles. The first kappa shape index (κ1) is 10.2. The first-order valence-corrected chi connectivity index (χ1v) is 5.39. The predicted molar refractivity (Wildman–Crippen MR) is 57.6 cm³/mol. The fourth-order valence-corrected chi connectivity index (χ4v) is 1.93. The molecule has 1 aliphatic carbocycles. The number of nitrogens with zero attached hydrogens (tertiary/aromatic N) is 1. The van der Waals surface area contributed by atoms with Crippen molar-refractivity contribution in [3.8, 4) is 0 Å². The fraction of sp³-hybridized carbons (Fsp3) is 0.636. The molecule has 0 radical (unpaired) electrons. The minimum absolute atomic E-state index is 0.0191. The molecule has 2 rings (SSSR count). The molecule has 1 aromatic heterocycles. The van der Waals surface area contributed by atoms with Crippen molar-refractivity contribution in [1.29, 1.82) is 0 Å². The number of aromatic nitrogens is 2. The van der Waals surface area contributed by atoms with E-state index in [1.165, 1.54) is 19.3 Å². The van der Waals surface area contributed by atoms with E-state index in [4.69, 9.17) is 0 Å². The van der Waals surface area contributed by atoms with Crippen LogP contribution >= 0.6 is 0 Å². The van der Waals surface area contributed by atoms with Gasteiger partial charge in [-0.05, 0) is 25.2 Å². The molecule has 0 saturated heterocycles. The number of carbonyl (C=O) groups is 1. The molecule has 0 bridgehead atoms. The SMILES string of the molecule is Cc1[nH]ncc1C(=O)NCC1(C)CCC1. The highest BCUT2D eigenvalue weighted by atomic mass is 16.1. The molecular formula is C11H17N3O. The van der Waals surface area contributed by atoms with Gasteiger partial charge in [-0.2, -0.15) is 5.10 Å². The number of aryl methyl sites for hydroxylation is 1. The Morgan fingerprint density at radius 3 is 2.87 bits per heavy atom. The van der Waals surface area contributed by atoms with Gasteiger partial charge in [-0.15, -0.1) is 0 Å². The molecule has 82 valence electrons. The summed E-state index contributed by atoms with van der Waals surface area (Å²) in [6.45, 7) is 4.85. The first-order valence-electron chi connectivity index (χ1n) is 5.39. The summed E-state index contributed by atoms with van der Waals surface area (Å²) in [6.07, 6.45) is 5.31. The van der Waals surface area contributed by atoms with Crippen molar-refractivity contribution in [1.82, 2.24) is 15.5 Å². The van der Waals surface area contributed by atoms with Gasteiger partial charge in [0.15, 0.2) is 0 Å². The highest BCUT2D eigenvalue weighted by molar-refractivity contribution is 5.94. The summed E-state index contributed by atoms with van der Waals surface area (Å²) in [5, 5.41) is 9.57. The second-order valence-corrected chi connectivity index (χ2v) is 4.76. The molecule has 0 unspecified atom stereocenters. The minimum atomic E-state index is -0.0191. The Morgan fingerprint density at radius 2 is 2.40 bits per heavy atom. The number of hydrogen-bond acceptors (Lipinski definition) is 2. The summed E-state index contributed by atoms with van der Waals surface area (Å²) in [4.78, 5) is 11.7. The van der Waals surface area contributed by atoms with Crippen molar-refractivity contribution in [2.45, 2.75) is 33.1 Å². The molecule has 0 aliphatic heterocycles. The number of aromatic amines is 1. The molecule has 1 amide bonds. The Labute approximate surface area is 89.5 Å². The van der Waals surface area contributed by atoms with Gasteiger partial charge in [-0.3, -0.25) is 9.89 Å². The van der Waals surface area contributed by atoms with E-state index in [-0.39, 0.29) is 5.91 Å². The Kier molecular flexibility index (Phi) is 2.50. The van der Waals surface area contributed by atoms with Gasteiger partial charge in [-0.1, -0.05) is 13.3 Å². The van der Waals surface area contributed by atoms with Gasteiger partial charge < -0.3 is 5.32 Å². The third-order valence-electron chi connectivity index (χ3n) is 3.31. The maximum Gasteiger partial charge on any atom is 0.254 e. The molecule has 1 aromatic rings. The normalized spacial score (nSPS) is 18.3. The van der Waals surface area contributed by atoms with E-state index in [0.29, 0.717) is 11.0 Å². The van der Waals surface area contributed by atoms with E-state index >= 15 is 0 Å². The molecule has 1 fully saturated rings. The molecule has 15 heavy (non-hydrogen) atoms. The van der Waals surface area contributed by atoms with Gasteiger partial charge in [0.05, 0.1) is 11.8 Å². The third-order valence-corrected chi connectivity index (χ3v) is 3.31. The molecule has 4 heteroatoms. The number of nitrogens with one attached hydrogen (secondary N) is 2. The molecule has 0 aromatic carbocycles. The summed E-state index contributed by atoms with van der Waals surface area (Å²) >= 11 is 0. The number of amides is 1. The lowest BCUT2D eigenvalue weighted by Gasteiger charge is -2.38. The lowest BCUT2D eigenvalue weighted by atomic mass is 9.70. The van der Waals surface area contributed by atoms with E-state index in [0.717, 1.165) is 12.2 Å². The van der Waals surface area contributed by atoms with Crippen LogP contribution in [0, 0.1) is 12.3 Å². The maximum absolute atomic E-state index is 11.7. The number of hydrogen-bond donors (Lipinski definition) is 2. The van der Waals surface area contributed by atoms with Crippen LogP contribution in [-0.4, -0.2) is 22.6 Å². The van der Waals surface area contributed by atoms with Gasteiger partial charge in [-0.25, -0.2) is 0 Å². The smallest absolute Gasteiger partial charge is 0.254 e. The Balaban J connectivity index is 1.90. The standard InChI is InChI=1S/C11H17N3O/c1-8-9(6-13-14-8)10(15)12-7-11(2)4-3-5-11/h6H,3-5,7H2,1-2H3,(H,12,15)(H,13,14). The molecular weight excluding hydrogens is 190 g/mol. The summed E-state index contributed by atoms with van der Waals surface area (Å²) in [5.41, 5.74) is 1.80. The summed E-state index contributed by atoms with van der Waals surface area (Å²) in [6, 6.07) is 0. The van der Waals surface area contributed by atoms with Crippen molar-refractivity contribution < 1.29 is 4.79 Å². The van der Waals surface area contributed by atoms with Crippen LogP contribution in [0.25, 0.3) is 0 Å². The topological polar surface area (TPSA) is 57.8 Å². The number of H-pyrrole nitrogens is 1. The van der Waals surface area contributed by atoms with Gasteiger partial charge >= 0.3 is 0 Å². The Morgan fingerprint density at radius 1 is 1.67 bits per heavy atom. The zero-order valence-electron chi connectivity index (χ0n) is 9.26. The molecule has 0 spiro atoms. The lowest BCUT2D eigenvalue weighted by Crippen LogP contribution is -2.40. The van der Waals surface area contributed by atoms with E-state index in [2.05, 4.69) is 22.4 Å². The van der Waals surface area contributed by atoms with Crippen molar-refractivity contribution >= 4 is 5.91 Å². The summed E-state index contributed by atoms with van der Waals surface area (Å²) in [5.74, 6) is -0.0191. The second-order valence-electron chi connectivity index (χ2n) is 4.76. The second kappa shape index (κ2) is 3.68. The number of rotatable bonds is 3. The van der Waals surface area contributed by atoms with E-state index < -0.39 is 0 Å². The molecule has 0 atom stereocenters. The van der Waals surface area contributed by atoms with E-state index in [1.54, 1.807) is 6.20 Å². The van der Waals surface area contributed by atoms with Crippen LogP contribution < -0.4 is 5.32 Å².